The molecule has 0 aromatic rings. The van der Waals surface area contributed by atoms with E-state index in [4.69, 9.17) is 47.4 Å². The fraction of sp³-hybridized carbons (Fsp3) is 0.966. The predicted molar refractivity (Wildman–Crippen MR) is 287 cm³/mol. The number of aliphatic hydroxyl groups excluding tert-OH is 16. The van der Waals surface area contributed by atoms with Gasteiger partial charge in [0.1, 0.15) is 110 Å². The summed E-state index contributed by atoms with van der Waals surface area (Å²) in [5.74, 6) is -0.576. The fourth-order valence-electron chi connectivity index (χ4n) is 17.2. The van der Waals surface area contributed by atoms with Gasteiger partial charge in [-0.05, 0) is 124 Å². The van der Waals surface area contributed by atoms with Crippen LogP contribution in [0.5, 0.6) is 0 Å². The van der Waals surface area contributed by atoms with Crippen LogP contribution in [0.15, 0.2) is 11.6 Å². The van der Waals surface area contributed by atoms with Gasteiger partial charge < -0.3 is 129 Å². The molecule has 9 rings (SSSR count). The van der Waals surface area contributed by atoms with E-state index >= 15 is 0 Å². The van der Waals surface area contributed by atoms with Crippen LogP contribution in [0.4, 0.5) is 0 Å². The highest BCUT2D eigenvalue weighted by molar-refractivity contribution is 5.21. The third-order valence-corrected chi connectivity index (χ3v) is 22.2. The molecule has 5 heterocycles. The van der Waals surface area contributed by atoms with E-state index in [2.05, 4.69) is 40.7 Å². The second-order valence-corrected chi connectivity index (χ2v) is 27.7. The van der Waals surface area contributed by atoms with Crippen molar-refractivity contribution in [2.45, 2.75) is 272 Å². The van der Waals surface area contributed by atoms with Gasteiger partial charge in [-0.15, -0.1) is 0 Å². The summed E-state index contributed by atoms with van der Waals surface area (Å²) in [6.07, 6.45) is -30.9. The molecular weight excluding hydrogens is 1110 g/mol. The Morgan fingerprint density at radius 2 is 1.04 bits per heavy atom. The smallest absolute Gasteiger partial charge is 0.187 e. The number of fused-ring (bicyclic) bond motifs is 5. The van der Waals surface area contributed by atoms with Crippen LogP contribution in [-0.4, -0.2) is 274 Å². The summed E-state index contributed by atoms with van der Waals surface area (Å²) >= 11 is 0. The molecule has 33 atom stereocenters. The number of ether oxygens (including phenoxy) is 10. The van der Waals surface area contributed by atoms with Crippen molar-refractivity contribution in [3.8, 4) is 0 Å². The average molecular weight is 1210 g/mol. The lowest BCUT2D eigenvalue weighted by Crippen LogP contribution is -2.68. The summed E-state index contributed by atoms with van der Waals surface area (Å²) < 4.78 is 60.9. The molecule has 26 heteroatoms. The topological polar surface area (TPSA) is 416 Å². The van der Waals surface area contributed by atoms with Gasteiger partial charge in [0.2, 0.25) is 0 Å². The highest BCUT2D eigenvalue weighted by Gasteiger charge is 2.72. The maximum absolute atomic E-state index is 12.9. The zero-order chi connectivity index (χ0) is 61.5. The van der Waals surface area contributed by atoms with Crippen LogP contribution in [0.2, 0.25) is 0 Å². The van der Waals surface area contributed by atoms with Gasteiger partial charge in [0.15, 0.2) is 31.5 Å². The molecule has 84 heavy (non-hydrogen) atoms. The number of rotatable bonds is 17. The van der Waals surface area contributed by atoms with Gasteiger partial charge in [0, 0.05) is 0 Å². The monoisotopic (exact) mass is 1210 g/mol. The molecule has 4 aliphatic carbocycles. The van der Waals surface area contributed by atoms with E-state index in [1.54, 1.807) is 0 Å². The van der Waals surface area contributed by atoms with E-state index in [-0.39, 0.29) is 41.1 Å². The predicted octanol–water partition coefficient (Wildman–Crippen LogP) is -3.10. The Bertz CT molecular complexity index is 2210. The molecule has 0 aromatic heterocycles. The Balaban J connectivity index is 0.934. The second-order valence-electron chi connectivity index (χ2n) is 27.7. The number of aliphatic hydroxyl groups is 16. The van der Waals surface area contributed by atoms with Crippen molar-refractivity contribution in [3.05, 3.63) is 11.6 Å². The molecule has 0 aromatic carbocycles. The SMILES string of the molecule is CC(C)=CCCC(C)(O[C@@H]1O[C@H](CO[C@@H]2OC[C@@H](O)[C@H](O)[C@H]2O)[C@@H](O)[C@H](O)[C@H]1O)[C@H]1CC[C@]2(C)[C@@H]1[C@H](O)C[C@@H]1[C@@]3(C)CC[C@H](O[C@@H]4O[C@H](CO)[C@@H](O)[C@H](O)[C@H]4O[C@@H]4O[C@H](CO)[C@@H](O)[C@H](O)[C@H]4O[C@@H]4OC[C@@H](O)[C@H](O)[C@H]4O)C(C)(C)[C@@H]3CC[C@]12C. The summed E-state index contributed by atoms with van der Waals surface area (Å²) in [6, 6.07) is 0. The molecule has 0 amide bonds. The van der Waals surface area contributed by atoms with Crippen molar-refractivity contribution in [1.82, 2.24) is 0 Å². The average Bonchev–Trinajstić information content (AvgIpc) is 1.22. The summed E-state index contributed by atoms with van der Waals surface area (Å²) in [5.41, 5.74) is -1.75. The van der Waals surface area contributed by atoms with Crippen LogP contribution < -0.4 is 0 Å². The Hall–Kier alpha value is -1.30. The van der Waals surface area contributed by atoms with Crippen LogP contribution in [0.25, 0.3) is 0 Å². The number of hydrogen-bond donors (Lipinski definition) is 16. The van der Waals surface area contributed by atoms with E-state index in [1.165, 1.54) is 0 Å². The highest BCUT2D eigenvalue weighted by Crippen LogP contribution is 2.76. The molecule has 486 valence electrons. The summed E-state index contributed by atoms with van der Waals surface area (Å²) in [6.45, 7) is 14.3. The third-order valence-electron chi connectivity index (χ3n) is 22.2. The lowest BCUT2D eigenvalue weighted by atomic mass is 9.35. The fourth-order valence-corrected chi connectivity index (χ4v) is 17.2. The lowest BCUT2D eigenvalue weighted by molar-refractivity contribution is -0.395. The standard InChI is InChI=1S/C58H98O26/c1-24(2)10-9-14-58(8,84-51-46(74)41(69)40(68)31(80-51)23-77-49-44(72)36(64)27(62)21-75-49)25-11-16-57(7)35(25)26(61)18-33-55(5)15-13-34(54(3,4)32(55)12-17-56(33,57)6)81-52-47(42(70)38(66)29(19-59)78-52)83-53-48(43(71)39(67)30(20-60)79-53)82-50-45(73)37(65)28(63)22-76-50/h10,25-53,59-74H,9,11-23H2,1-8H3/t25-,26+,27+,28+,29+,30+,31+,32-,33+,34-,35-,36-,37-,38+,39+,40+,41-,42-,43-,44+,45+,46+,47+,48+,49-,50-,51-,52-,53-,55-,56+,57+,58?/m0/s1. The van der Waals surface area contributed by atoms with Gasteiger partial charge in [-0.2, -0.15) is 0 Å². The molecule has 9 aliphatic rings. The van der Waals surface area contributed by atoms with Crippen molar-refractivity contribution in [2.75, 3.05) is 33.0 Å². The molecule has 0 spiro atoms. The first-order valence-corrected chi connectivity index (χ1v) is 30.2. The van der Waals surface area contributed by atoms with Crippen molar-refractivity contribution in [2.24, 2.45) is 45.3 Å². The normalized spacial score (nSPS) is 53.0. The summed E-state index contributed by atoms with van der Waals surface area (Å²) in [4.78, 5) is 0. The zero-order valence-electron chi connectivity index (χ0n) is 49.5. The second kappa shape index (κ2) is 25.8. The van der Waals surface area contributed by atoms with Gasteiger partial charge in [-0.25, -0.2) is 0 Å². The lowest BCUT2D eigenvalue weighted by Gasteiger charge is -2.71. The molecule has 26 nitrogen and oxygen atoms in total. The first-order valence-electron chi connectivity index (χ1n) is 30.2. The maximum Gasteiger partial charge on any atom is 0.187 e. The number of hydrogen-bond acceptors (Lipinski definition) is 26. The Labute approximate surface area is 490 Å². The van der Waals surface area contributed by atoms with Gasteiger partial charge in [-0.1, -0.05) is 46.3 Å². The zero-order valence-corrected chi connectivity index (χ0v) is 49.5. The molecule has 9 fully saturated rings. The van der Waals surface area contributed by atoms with E-state index in [1.807, 2.05) is 20.8 Å². The van der Waals surface area contributed by atoms with Crippen LogP contribution in [0.1, 0.15) is 113 Å². The third kappa shape index (κ3) is 12.0. The van der Waals surface area contributed by atoms with Crippen molar-refractivity contribution < 1.29 is 129 Å². The first-order chi connectivity index (χ1) is 39.4. The number of allylic oxidation sites excluding steroid dienone is 2. The van der Waals surface area contributed by atoms with Crippen LogP contribution in [-0.2, 0) is 47.4 Å². The molecule has 16 N–H and O–H groups in total. The van der Waals surface area contributed by atoms with Crippen molar-refractivity contribution in [1.29, 1.82) is 0 Å². The van der Waals surface area contributed by atoms with Gasteiger partial charge >= 0.3 is 0 Å². The van der Waals surface area contributed by atoms with Gasteiger partial charge in [-0.3, -0.25) is 0 Å². The van der Waals surface area contributed by atoms with E-state index in [0.29, 0.717) is 38.5 Å². The minimum Gasteiger partial charge on any atom is -0.394 e. The molecular formula is C58H98O26. The minimum absolute atomic E-state index is 0.00387. The van der Waals surface area contributed by atoms with Gasteiger partial charge in [0.25, 0.3) is 0 Å². The molecule has 0 radical (unpaired) electrons. The van der Waals surface area contributed by atoms with Crippen molar-refractivity contribution in [3.63, 3.8) is 0 Å². The van der Waals surface area contributed by atoms with E-state index in [9.17, 15) is 81.7 Å². The maximum atomic E-state index is 12.9. The first kappa shape index (κ1) is 67.1. The van der Waals surface area contributed by atoms with Gasteiger partial charge in [0.05, 0.1) is 50.8 Å². The molecule has 0 bridgehead atoms. The molecule has 5 saturated heterocycles. The van der Waals surface area contributed by atoms with E-state index in [0.717, 1.165) is 24.8 Å². The molecule has 1 unspecified atom stereocenters. The van der Waals surface area contributed by atoms with Crippen LogP contribution >= 0.6 is 0 Å². The van der Waals surface area contributed by atoms with Crippen LogP contribution in [0, 0.1) is 45.3 Å². The highest BCUT2D eigenvalue weighted by atomic mass is 16.8. The minimum atomic E-state index is -1.88. The Kier molecular flexibility index (Phi) is 20.6. The summed E-state index contributed by atoms with van der Waals surface area (Å²) in [7, 11) is 0. The van der Waals surface area contributed by atoms with Crippen LogP contribution in [0.3, 0.4) is 0 Å². The Morgan fingerprint density at radius 3 is 1.62 bits per heavy atom. The van der Waals surface area contributed by atoms with E-state index < -0.39 is 196 Å². The van der Waals surface area contributed by atoms with Crippen molar-refractivity contribution >= 4 is 0 Å². The largest absolute Gasteiger partial charge is 0.394 e. The molecule has 4 saturated carbocycles. The molecule has 5 aliphatic heterocycles. The quantitative estimate of drug-likeness (QED) is 0.0507. The Morgan fingerprint density at radius 1 is 0.524 bits per heavy atom. The summed E-state index contributed by atoms with van der Waals surface area (Å²) in [5, 5.41) is 175.